The zero-order valence-corrected chi connectivity index (χ0v) is 10.0. The van der Waals surface area contributed by atoms with E-state index in [1.165, 1.54) is 0 Å². The molecular weight excluding hydrogens is 164 g/mol. The fourth-order valence-corrected chi connectivity index (χ4v) is 1.09. The quantitative estimate of drug-likeness (QED) is 0.489. The Morgan fingerprint density at radius 3 is 1.92 bits per heavy atom. The third-order valence-corrected chi connectivity index (χ3v) is 2.69. The van der Waals surface area contributed by atoms with Gasteiger partial charge in [0.2, 0.25) is 0 Å². The Hall–Kier alpha value is -0.263. The molecule has 1 unspecified atom stereocenters. The largest absolute Gasteiger partial charge is 0.378 e. The molecular formula is C10H20OSi. The van der Waals surface area contributed by atoms with Gasteiger partial charge in [-0.15, -0.1) is 5.54 Å². The van der Waals surface area contributed by atoms with E-state index in [0.29, 0.717) is 0 Å². The summed E-state index contributed by atoms with van der Waals surface area (Å²) < 4.78 is 0. The summed E-state index contributed by atoms with van der Waals surface area (Å²) in [4.78, 5) is 0. The Kier molecular flexibility index (Phi) is 3.55. The highest BCUT2D eigenvalue weighted by Gasteiger charge is 2.22. The first-order valence-corrected chi connectivity index (χ1v) is 7.92. The van der Waals surface area contributed by atoms with Gasteiger partial charge in [-0.3, -0.25) is 0 Å². The second-order valence-electron chi connectivity index (χ2n) is 4.80. The summed E-state index contributed by atoms with van der Waals surface area (Å²) in [7, 11) is -1.33. The molecule has 0 amide bonds. The van der Waals surface area contributed by atoms with Crippen LogP contribution in [0.25, 0.3) is 0 Å². The summed E-state index contributed by atoms with van der Waals surface area (Å²) in [5, 5.41) is 9.80. The minimum absolute atomic E-state index is 0.196. The number of hydrogen-bond donors (Lipinski definition) is 1. The summed E-state index contributed by atoms with van der Waals surface area (Å²) in [5.41, 5.74) is 2.36. The van der Waals surface area contributed by atoms with E-state index in [4.69, 9.17) is 0 Å². The zero-order valence-electron chi connectivity index (χ0n) is 9.02. The molecule has 0 aliphatic heterocycles. The van der Waals surface area contributed by atoms with Crippen LogP contribution in [0, 0.1) is 17.4 Å². The first-order chi connectivity index (χ1) is 5.15. The van der Waals surface area contributed by atoms with E-state index in [2.05, 4.69) is 31.1 Å². The van der Waals surface area contributed by atoms with Crippen molar-refractivity contribution in [2.24, 2.45) is 5.92 Å². The first-order valence-electron chi connectivity index (χ1n) is 4.42. The second-order valence-corrected chi connectivity index (χ2v) is 9.55. The Labute approximate surface area is 77.2 Å². The molecule has 0 bridgehead atoms. The van der Waals surface area contributed by atoms with Crippen molar-refractivity contribution < 1.29 is 5.11 Å². The predicted molar refractivity (Wildman–Crippen MR) is 56.6 cm³/mol. The lowest BCUT2D eigenvalue weighted by Crippen LogP contribution is -2.30. The van der Waals surface area contributed by atoms with Gasteiger partial charge in [-0.1, -0.05) is 39.4 Å². The van der Waals surface area contributed by atoms with Gasteiger partial charge in [-0.05, 0) is 12.8 Å². The topological polar surface area (TPSA) is 20.2 Å². The molecule has 0 aromatic carbocycles. The molecule has 0 saturated heterocycles. The van der Waals surface area contributed by atoms with E-state index in [-0.39, 0.29) is 5.92 Å². The molecule has 0 aliphatic rings. The van der Waals surface area contributed by atoms with Gasteiger partial charge < -0.3 is 5.11 Å². The molecule has 1 atom stereocenters. The molecule has 0 radical (unpaired) electrons. The average molecular weight is 184 g/mol. The third kappa shape index (κ3) is 4.58. The summed E-state index contributed by atoms with van der Waals surface area (Å²) in [6, 6.07) is 0. The van der Waals surface area contributed by atoms with Crippen molar-refractivity contribution in [2.45, 2.75) is 46.0 Å². The van der Waals surface area contributed by atoms with Gasteiger partial charge in [0.1, 0.15) is 13.7 Å². The van der Waals surface area contributed by atoms with Crippen molar-refractivity contribution in [3.05, 3.63) is 0 Å². The molecule has 1 N–H and O–H groups in total. The Bertz CT molecular complexity index is 200. The average Bonchev–Trinajstić information content (AvgIpc) is 1.82. The van der Waals surface area contributed by atoms with E-state index in [9.17, 15) is 5.11 Å². The minimum Gasteiger partial charge on any atom is -0.378 e. The Morgan fingerprint density at radius 1 is 1.25 bits per heavy atom. The summed E-state index contributed by atoms with van der Waals surface area (Å²) in [5.74, 6) is 3.16. The summed E-state index contributed by atoms with van der Waals surface area (Å²) in [6.07, 6.45) is 0. The molecule has 2 heteroatoms. The normalized spacial score (nSPS) is 16.7. The monoisotopic (exact) mass is 184 g/mol. The van der Waals surface area contributed by atoms with Gasteiger partial charge >= 0.3 is 0 Å². The fraction of sp³-hybridized carbons (Fsp3) is 0.800. The maximum absolute atomic E-state index is 9.80. The predicted octanol–water partition coefficient (Wildman–Crippen LogP) is 2.27. The van der Waals surface area contributed by atoms with Crippen molar-refractivity contribution in [1.82, 2.24) is 0 Å². The maximum Gasteiger partial charge on any atom is 0.129 e. The summed E-state index contributed by atoms with van der Waals surface area (Å²) >= 11 is 0. The van der Waals surface area contributed by atoms with Crippen molar-refractivity contribution in [3.8, 4) is 11.5 Å². The summed E-state index contributed by atoms with van der Waals surface area (Å²) in [6.45, 7) is 12.3. The molecule has 70 valence electrons. The highest BCUT2D eigenvalue weighted by atomic mass is 28.3. The van der Waals surface area contributed by atoms with Gasteiger partial charge in [0, 0.05) is 0 Å². The number of aliphatic hydroxyl groups is 1. The maximum atomic E-state index is 9.80. The molecule has 0 fully saturated rings. The molecule has 0 rings (SSSR count). The molecule has 12 heavy (non-hydrogen) atoms. The minimum atomic E-state index is -1.33. The van der Waals surface area contributed by atoms with Crippen LogP contribution in [0.2, 0.25) is 19.6 Å². The molecule has 1 nitrogen and oxygen atoms in total. The van der Waals surface area contributed by atoms with E-state index < -0.39 is 13.7 Å². The lowest BCUT2D eigenvalue weighted by atomic mass is 9.94. The SMILES string of the molecule is CC(C)C(C)(O)C#C[Si](C)(C)C. The van der Waals surface area contributed by atoms with Crippen LogP contribution < -0.4 is 0 Å². The van der Waals surface area contributed by atoms with Gasteiger partial charge in [-0.2, -0.15) is 0 Å². The Morgan fingerprint density at radius 2 is 1.67 bits per heavy atom. The smallest absolute Gasteiger partial charge is 0.129 e. The van der Waals surface area contributed by atoms with Crippen molar-refractivity contribution in [1.29, 1.82) is 0 Å². The van der Waals surface area contributed by atoms with E-state index in [1.807, 2.05) is 13.8 Å². The lowest BCUT2D eigenvalue weighted by Gasteiger charge is -2.21. The van der Waals surface area contributed by atoms with Crippen LogP contribution in [0.5, 0.6) is 0 Å². The highest BCUT2D eigenvalue weighted by molar-refractivity contribution is 6.83. The van der Waals surface area contributed by atoms with Crippen LogP contribution in [0.3, 0.4) is 0 Å². The van der Waals surface area contributed by atoms with Gasteiger partial charge in [-0.25, -0.2) is 0 Å². The molecule has 0 aromatic rings. The van der Waals surface area contributed by atoms with E-state index >= 15 is 0 Å². The van der Waals surface area contributed by atoms with Gasteiger partial charge in [0.25, 0.3) is 0 Å². The van der Waals surface area contributed by atoms with Crippen LogP contribution in [0.15, 0.2) is 0 Å². The van der Waals surface area contributed by atoms with Crippen molar-refractivity contribution in [2.75, 3.05) is 0 Å². The standard InChI is InChI=1S/C10H20OSi/c1-9(2)10(3,11)7-8-12(4,5)6/h9,11H,1-6H3. The van der Waals surface area contributed by atoms with Gasteiger partial charge in [0.05, 0.1) is 0 Å². The second kappa shape index (κ2) is 3.63. The first kappa shape index (κ1) is 11.7. The van der Waals surface area contributed by atoms with Crippen molar-refractivity contribution >= 4 is 8.07 Å². The molecule has 0 heterocycles. The molecule has 0 aliphatic carbocycles. The highest BCUT2D eigenvalue weighted by Crippen LogP contribution is 2.14. The zero-order chi connectivity index (χ0) is 9.99. The van der Waals surface area contributed by atoms with Crippen LogP contribution >= 0.6 is 0 Å². The van der Waals surface area contributed by atoms with Crippen LogP contribution in [0.1, 0.15) is 20.8 Å². The van der Waals surface area contributed by atoms with Gasteiger partial charge in [0.15, 0.2) is 0 Å². The van der Waals surface area contributed by atoms with Crippen molar-refractivity contribution in [3.63, 3.8) is 0 Å². The Balaban J connectivity index is 4.50. The van der Waals surface area contributed by atoms with E-state index in [0.717, 1.165) is 0 Å². The molecule has 0 saturated carbocycles. The molecule has 0 aromatic heterocycles. The molecule has 0 spiro atoms. The lowest BCUT2D eigenvalue weighted by molar-refractivity contribution is 0.0727. The number of hydrogen-bond acceptors (Lipinski definition) is 1. The van der Waals surface area contributed by atoms with Crippen LogP contribution in [0.4, 0.5) is 0 Å². The van der Waals surface area contributed by atoms with E-state index in [1.54, 1.807) is 6.92 Å². The third-order valence-electron chi connectivity index (χ3n) is 1.81. The number of rotatable bonds is 1. The van der Waals surface area contributed by atoms with Crippen LogP contribution in [-0.4, -0.2) is 18.8 Å². The fourth-order valence-electron chi connectivity index (χ4n) is 0.458. The van der Waals surface area contributed by atoms with Crippen LogP contribution in [-0.2, 0) is 0 Å².